The maximum Gasteiger partial charge on any atom is 0.256 e. The van der Waals surface area contributed by atoms with Gasteiger partial charge >= 0.3 is 0 Å². The molecular weight excluding hydrogens is 339 g/mol. The standard InChI is InChI=1S/C15H12BrFN2O2/c16-13-8-10(17)3-6-12(13)15(21)19-11-4-1-9(2-5-11)7-14(18)20/h1-6,8H,7H2,(H2,18,20)(H,19,21). The summed E-state index contributed by atoms with van der Waals surface area (Å²) in [7, 11) is 0. The minimum atomic E-state index is -0.422. The Morgan fingerprint density at radius 3 is 2.38 bits per heavy atom. The molecule has 2 aromatic rings. The smallest absolute Gasteiger partial charge is 0.256 e. The monoisotopic (exact) mass is 350 g/mol. The van der Waals surface area contributed by atoms with Gasteiger partial charge in [-0.3, -0.25) is 9.59 Å². The van der Waals surface area contributed by atoms with Crippen LogP contribution in [0.2, 0.25) is 0 Å². The number of carbonyl (C=O) groups excluding carboxylic acids is 2. The van der Waals surface area contributed by atoms with E-state index < -0.39 is 11.7 Å². The summed E-state index contributed by atoms with van der Waals surface area (Å²) in [6, 6.07) is 10.6. The molecule has 0 bridgehead atoms. The highest BCUT2D eigenvalue weighted by Crippen LogP contribution is 2.20. The van der Waals surface area contributed by atoms with Gasteiger partial charge in [0.15, 0.2) is 0 Å². The number of benzene rings is 2. The number of carbonyl (C=O) groups is 2. The predicted molar refractivity (Wildman–Crippen MR) is 81.4 cm³/mol. The van der Waals surface area contributed by atoms with Crippen molar-refractivity contribution in [3.05, 3.63) is 63.9 Å². The molecular formula is C15H12BrFN2O2. The number of amides is 2. The van der Waals surface area contributed by atoms with Gasteiger partial charge in [0, 0.05) is 10.2 Å². The van der Waals surface area contributed by atoms with Crippen LogP contribution < -0.4 is 11.1 Å². The number of nitrogens with one attached hydrogen (secondary N) is 1. The van der Waals surface area contributed by atoms with Gasteiger partial charge in [-0.15, -0.1) is 0 Å². The number of anilines is 1. The van der Waals surface area contributed by atoms with Crippen LogP contribution in [0, 0.1) is 5.82 Å². The third kappa shape index (κ3) is 4.13. The average Bonchev–Trinajstić information content (AvgIpc) is 2.40. The zero-order valence-electron chi connectivity index (χ0n) is 10.9. The van der Waals surface area contributed by atoms with E-state index >= 15 is 0 Å². The Bertz CT molecular complexity index is 687. The maximum atomic E-state index is 13.0. The SMILES string of the molecule is NC(=O)Cc1ccc(NC(=O)c2ccc(F)cc2Br)cc1. The lowest BCUT2D eigenvalue weighted by molar-refractivity contribution is -0.117. The van der Waals surface area contributed by atoms with Gasteiger partial charge in [-0.05, 0) is 51.8 Å². The molecule has 0 spiro atoms. The quantitative estimate of drug-likeness (QED) is 0.889. The number of halogens is 2. The number of rotatable bonds is 4. The molecule has 0 radical (unpaired) electrons. The van der Waals surface area contributed by atoms with E-state index in [9.17, 15) is 14.0 Å². The van der Waals surface area contributed by atoms with Crippen molar-refractivity contribution < 1.29 is 14.0 Å². The van der Waals surface area contributed by atoms with E-state index in [1.54, 1.807) is 24.3 Å². The molecule has 0 aliphatic carbocycles. The summed E-state index contributed by atoms with van der Waals surface area (Å²) < 4.78 is 13.4. The van der Waals surface area contributed by atoms with Crippen LogP contribution in [0.3, 0.4) is 0 Å². The minimum absolute atomic E-state index is 0.151. The van der Waals surface area contributed by atoms with Crippen molar-refractivity contribution in [2.24, 2.45) is 5.73 Å². The van der Waals surface area contributed by atoms with Gasteiger partial charge in [-0.1, -0.05) is 12.1 Å². The number of hydrogen-bond donors (Lipinski definition) is 2. The first kappa shape index (κ1) is 15.2. The molecule has 3 N–H and O–H groups in total. The van der Waals surface area contributed by atoms with Crippen LogP contribution >= 0.6 is 15.9 Å². The van der Waals surface area contributed by atoms with Crippen LogP contribution in [0.5, 0.6) is 0 Å². The Morgan fingerprint density at radius 1 is 1.14 bits per heavy atom. The van der Waals surface area contributed by atoms with Crippen molar-refractivity contribution in [2.45, 2.75) is 6.42 Å². The minimum Gasteiger partial charge on any atom is -0.369 e. The molecule has 0 atom stereocenters. The van der Waals surface area contributed by atoms with Crippen LogP contribution in [0.1, 0.15) is 15.9 Å². The molecule has 2 amide bonds. The van der Waals surface area contributed by atoms with E-state index in [0.717, 1.165) is 5.56 Å². The van der Waals surface area contributed by atoms with Gasteiger partial charge in [-0.25, -0.2) is 4.39 Å². The van der Waals surface area contributed by atoms with Gasteiger partial charge in [0.05, 0.1) is 12.0 Å². The summed E-state index contributed by atoms with van der Waals surface area (Å²) in [6.07, 6.45) is 0.151. The largest absolute Gasteiger partial charge is 0.369 e. The number of hydrogen-bond acceptors (Lipinski definition) is 2. The summed E-state index contributed by atoms with van der Waals surface area (Å²) in [6.45, 7) is 0. The molecule has 0 aromatic heterocycles. The second-order valence-electron chi connectivity index (χ2n) is 4.42. The Hall–Kier alpha value is -2.21. The van der Waals surface area contributed by atoms with Crippen molar-refractivity contribution in [1.29, 1.82) is 0 Å². The predicted octanol–water partition coefficient (Wildman–Crippen LogP) is 2.87. The average molecular weight is 351 g/mol. The Labute approximate surface area is 129 Å². The van der Waals surface area contributed by atoms with Gasteiger partial charge in [0.2, 0.25) is 5.91 Å². The molecule has 0 fully saturated rings. The summed E-state index contributed by atoms with van der Waals surface area (Å²) in [5.74, 6) is -1.19. The molecule has 2 rings (SSSR count). The third-order valence-corrected chi connectivity index (χ3v) is 3.42. The lowest BCUT2D eigenvalue weighted by atomic mass is 10.1. The van der Waals surface area contributed by atoms with Crippen LogP contribution in [0.25, 0.3) is 0 Å². The van der Waals surface area contributed by atoms with Gasteiger partial charge in [0.1, 0.15) is 5.82 Å². The highest BCUT2D eigenvalue weighted by Gasteiger charge is 2.11. The van der Waals surface area contributed by atoms with E-state index in [0.29, 0.717) is 15.7 Å². The Balaban J connectivity index is 2.10. The molecule has 0 aliphatic heterocycles. The van der Waals surface area contributed by atoms with Crippen molar-refractivity contribution in [2.75, 3.05) is 5.32 Å². The van der Waals surface area contributed by atoms with E-state index in [2.05, 4.69) is 21.2 Å². The summed E-state index contributed by atoms with van der Waals surface area (Å²) >= 11 is 3.15. The second-order valence-corrected chi connectivity index (χ2v) is 5.27. The van der Waals surface area contributed by atoms with E-state index in [1.165, 1.54) is 18.2 Å². The molecule has 2 aromatic carbocycles. The molecule has 4 nitrogen and oxygen atoms in total. The fraction of sp³-hybridized carbons (Fsp3) is 0.0667. The van der Waals surface area contributed by atoms with Gasteiger partial charge < -0.3 is 11.1 Å². The van der Waals surface area contributed by atoms with Crippen LogP contribution in [0.4, 0.5) is 10.1 Å². The normalized spacial score (nSPS) is 10.2. The fourth-order valence-corrected chi connectivity index (χ4v) is 2.31. The van der Waals surface area contributed by atoms with Gasteiger partial charge in [-0.2, -0.15) is 0 Å². The topological polar surface area (TPSA) is 72.2 Å². The third-order valence-electron chi connectivity index (χ3n) is 2.77. The van der Waals surface area contributed by atoms with Crippen LogP contribution in [-0.2, 0) is 11.2 Å². The first-order chi connectivity index (χ1) is 9.95. The van der Waals surface area contributed by atoms with E-state index in [4.69, 9.17) is 5.73 Å². The lowest BCUT2D eigenvalue weighted by Crippen LogP contribution is -2.14. The summed E-state index contributed by atoms with van der Waals surface area (Å²) in [5, 5.41) is 2.69. The highest BCUT2D eigenvalue weighted by molar-refractivity contribution is 9.10. The fourth-order valence-electron chi connectivity index (χ4n) is 1.78. The zero-order chi connectivity index (χ0) is 15.4. The Kier molecular flexibility index (Phi) is 4.70. The molecule has 0 aliphatic rings. The molecule has 108 valence electrons. The maximum absolute atomic E-state index is 13.0. The molecule has 21 heavy (non-hydrogen) atoms. The molecule has 0 saturated heterocycles. The van der Waals surface area contributed by atoms with Crippen LogP contribution in [-0.4, -0.2) is 11.8 Å². The molecule has 0 saturated carbocycles. The van der Waals surface area contributed by atoms with Crippen molar-refractivity contribution in [1.82, 2.24) is 0 Å². The Morgan fingerprint density at radius 2 is 1.81 bits per heavy atom. The summed E-state index contributed by atoms with van der Waals surface area (Å²) in [5.41, 5.74) is 6.78. The van der Waals surface area contributed by atoms with E-state index in [1.807, 2.05) is 0 Å². The van der Waals surface area contributed by atoms with Crippen LogP contribution in [0.15, 0.2) is 46.9 Å². The lowest BCUT2D eigenvalue weighted by Gasteiger charge is -2.07. The number of primary amides is 1. The first-order valence-electron chi connectivity index (χ1n) is 6.09. The number of nitrogens with two attached hydrogens (primary N) is 1. The van der Waals surface area contributed by atoms with Crippen molar-refractivity contribution in [3.63, 3.8) is 0 Å². The van der Waals surface area contributed by atoms with Gasteiger partial charge in [0.25, 0.3) is 5.91 Å². The second kappa shape index (κ2) is 6.49. The summed E-state index contributed by atoms with van der Waals surface area (Å²) in [4.78, 5) is 22.9. The molecule has 0 heterocycles. The zero-order valence-corrected chi connectivity index (χ0v) is 12.5. The van der Waals surface area contributed by atoms with Crippen molar-refractivity contribution >= 4 is 33.4 Å². The van der Waals surface area contributed by atoms with Crippen molar-refractivity contribution in [3.8, 4) is 0 Å². The highest BCUT2D eigenvalue weighted by atomic mass is 79.9. The first-order valence-corrected chi connectivity index (χ1v) is 6.88. The van der Waals surface area contributed by atoms with E-state index in [-0.39, 0.29) is 12.3 Å². The molecule has 0 unspecified atom stereocenters. The molecule has 6 heteroatoms.